The fourth-order valence-electron chi connectivity index (χ4n) is 1.96. The van der Waals surface area contributed by atoms with E-state index in [0.717, 1.165) is 12.8 Å². The lowest BCUT2D eigenvalue weighted by atomic mass is 9.89. The molecule has 0 radical (unpaired) electrons. The van der Waals surface area contributed by atoms with E-state index in [1.165, 1.54) is 0 Å². The van der Waals surface area contributed by atoms with Crippen LogP contribution in [0.4, 0.5) is 0 Å². The van der Waals surface area contributed by atoms with E-state index >= 15 is 0 Å². The smallest absolute Gasteiger partial charge is 0.0926 e. The maximum Gasteiger partial charge on any atom is 0.0926 e. The number of aliphatic hydroxyl groups is 1. The average Bonchev–Trinajstić information content (AvgIpc) is 2.16. The highest BCUT2D eigenvalue weighted by atomic mass is 16.5. The van der Waals surface area contributed by atoms with E-state index in [2.05, 4.69) is 6.92 Å². The van der Waals surface area contributed by atoms with Crippen molar-refractivity contribution in [3.05, 3.63) is 0 Å². The molecule has 0 bridgehead atoms. The van der Waals surface area contributed by atoms with Gasteiger partial charge in [-0.2, -0.15) is 0 Å². The summed E-state index contributed by atoms with van der Waals surface area (Å²) in [6.07, 6.45) is 3.94. The Balaban J connectivity index is 2.38. The minimum absolute atomic E-state index is 0.182. The molecule has 0 spiro atoms. The molecular formula is C12H24O3. The first kappa shape index (κ1) is 12.9. The molecule has 0 aromatic carbocycles. The van der Waals surface area contributed by atoms with Crippen LogP contribution in [0.15, 0.2) is 0 Å². The van der Waals surface area contributed by atoms with Crippen molar-refractivity contribution in [1.29, 1.82) is 0 Å². The molecule has 1 saturated heterocycles. The molecule has 1 aliphatic heterocycles. The van der Waals surface area contributed by atoms with Gasteiger partial charge in [0.05, 0.1) is 24.4 Å². The Bertz CT molecular complexity index is 180. The third-order valence-corrected chi connectivity index (χ3v) is 2.82. The maximum absolute atomic E-state index is 10.3. The first-order chi connectivity index (χ1) is 7.06. The largest absolute Gasteiger partial charge is 0.387 e. The van der Waals surface area contributed by atoms with Crippen LogP contribution in [-0.4, -0.2) is 36.1 Å². The van der Waals surface area contributed by atoms with Crippen LogP contribution in [0, 0.1) is 0 Å². The minimum Gasteiger partial charge on any atom is -0.387 e. The zero-order chi connectivity index (χ0) is 11.3. The van der Waals surface area contributed by atoms with E-state index in [0.29, 0.717) is 26.1 Å². The summed E-state index contributed by atoms with van der Waals surface area (Å²) in [5.74, 6) is 0. The van der Waals surface area contributed by atoms with Crippen molar-refractivity contribution in [3.63, 3.8) is 0 Å². The number of hydrogen-bond acceptors (Lipinski definition) is 3. The van der Waals surface area contributed by atoms with Crippen LogP contribution < -0.4 is 0 Å². The molecule has 0 aliphatic carbocycles. The maximum atomic E-state index is 10.3. The van der Waals surface area contributed by atoms with Crippen LogP contribution in [0.2, 0.25) is 0 Å². The second-order valence-corrected chi connectivity index (χ2v) is 4.82. The van der Waals surface area contributed by atoms with E-state index in [1.54, 1.807) is 0 Å². The van der Waals surface area contributed by atoms with E-state index in [-0.39, 0.29) is 12.2 Å². The first-order valence-electron chi connectivity index (χ1n) is 6.01. The zero-order valence-corrected chi connectivity index (χ0v) is 10.2. The van der Waals surface area contributed by atoms with Crippen LogP contribution in [0.25, 0.3) is 0 Å². The van der Waals surface area contributed by atoms with Crippen molar-refractivity contribution in [1.82, 2.24) is 0 Å². The summed E-state index contributed by atoms with van der Waals surface area (Å²) in [5.41, 5.74) is -0.664. The molecule has 0 saturated carbocycles. The van der Waals surface area contributed by atoms with E-state index in [1.807, 2.05) is 13.8 Å². The highest BCUT2D eigenvalue weighted by Crippen LogP contribution is 2.27. The monoisotopic (exact) mass is 216 g/mol. The van der Waals surface area contributed by atoms with Gasteiger partial charge in [0.25, 0.3) is 0 Å². The van der Waals surface area contributed by atoms with Gasteiger partial charge in [-0.25, -0.2) is 0 Å². The van der Waals surface area contributed by atoms with E-state index in [9.17, 15) is 5.11 Å². The molecule has 0 aromatic heterocycles. The third-order valence-electron chi connectivity index (χ3n) is 2.82. The van der Waals surface area contributed by atoms with Gasteiger partial charge in [-0.05, 0) is 20.3 Å². The highest BCUT2D eigenvalue weighted by molar-refractivity contribution is 4.85. The van der Waals surface area contributed by atoms with E-state index in [4.69, 9.17) is 9.47 Å². The van der Waals surface area contributed by atoms with Gasteiger partial charge in [-0.3, -0.25) is 0 Å². The van der Waals surface area contributed by atoms with Gasteiger partial charge >= 0.3 is 0 Å². The Morgan fingerprint density at radius 3 is 2.87 bits per heavy atom. The van der Waals surface area contributed by atoms with Gasteiger partial charge in [-0.1, -0.05) is 13.3 Å². The van der Waals surface area contributed by atoms with Crippen LogP contribution >= 0.6 is 0 Å². The lowest BCUT2D eigenvalue weighted by Gasteiger charge is -2.37. The van der Waals surface area contributed by atoms with Crippen molar-refractivity contribution < 1.29 is 14.6 Å². The predicted molar refractivity (Wildman–Crippen MR) is 59.9 cm³/mol. The summed E-state index contributed by atoms with van der Waals surface area (Å²) in [6.45, 7) is 7.22. The van der Waals surface area contributed by atoms with Gasteiger partial charge in [0.2, 0.25) is 0 Å². The summed E-state index contributed by atoms with van der Waals surface area (Å²) in [6, 6.07) is 0. The second kappa shape index (κ2) is 5.83. The van der Waals surface area contributed by atoms with Crippen molar-refractivity contribution in [3.8, 4) is 0 Å². The number of ether oxygens (including phenoxy) is 2. The Labute approximate surface area is 92.8 Å². The fraction of sp³-hybridized carbons (Fsp3) is 1.00. The van der Waals surface area contributed by atoms with Crippen molar-refractivity contribution >= 4 is 0 Å². The minimum atomic E-state index is -0.664. The van der Waals surface area contributed by atoms with Crippen molar-refractivity contribution in [2.75, 3.05) is 13.2 Å². The number of hydrogen-bond donors (Lipinski definition) is 1. The van der Waals surface area contributed by atoms with Gasteiger partial charge in [-0.15, -0.1) is 0 Å². The summed E-state index contributed by atoms with van der Waals surface area (Å²) in [7, 11) is 0. The van der Waals surface area contributed by atoms with Crippen LogP contribution in [0.3, 0.4) is 0 Å². The lowest BCUT2D eigenvalue weighted by molar-refractivity contribution is -0.143. The summed E-state index contributed by atoms with van der Waals surface area (Å²) < 4.78 is 11.1. The first-order valence-corrected chi connectivity index (χ1v) is 6.01. The molecule has 3 nitrogen and oxygen atoms in total. The molecule has 3 heteroatoms. The van der Waals surface area contributed by atoms with Crippen LogP contribution in [-0.2, 0) is 9.47 Å². The van der Waals surface area contributed by atoms with Crippen molar-refractivity contribution in [2.24, 2.45) is 0 Å². The quantitative estimate of drug-likeness (QED) is 0.765. The van der Waals surface area contributed by atoms with Gasteiger partial charge in [0.15, 0.2) is 0 Å². The molecule has 2 unspecified atom stereocenters. The molecule has 15 heavy (non-hydrogen) atoms. The molecule has 90 valence electrons. The number of rotatable bonds is 5. The predicted octanol–water partition coefficient (Wildman–Crippen LogP) is 2.12. The normalized spacial score (nSPS) is 32.2. The molecular weight excluding hydrogens is 192 g/mol. The third kappa shape index (κ3) is 4.49. The molecule has 2 atom stereocenters. The zero-order valence-electron chi connectivity index (χ0n) is 10.2. The Kier molecular flexibility index (Phi) is 5.03. The molecule has 1 aliphatic rings. The molecule has 0 amide bonds. The molecule has 1 fully saturated rings. The summed E-state index contributed by atoms with van der Waals surface area (Å²) in [5, 5.41) is 10.3. The molecule has 1 heterocycles. The lowest BCUT2D eigenvalue weighted by Crippen LogP contribution is -2.44. The highest BCUT2D eigenvalue weighted by Gasteiger charge is 2.35. The topological polar surface area (TPSA) is 38.7 Å². The Morgan fingerprint density at radius 2 is 2.27 bits per heavy atom. The van der Waals surface area contributed by atoms with Gasteiger partial charge in [0, 0.05) is 19.4 Å². The second-order valence-electron chi connectivity index (χ2n) is 4.82. The molecule has 0 aromatic rings. The standard InChI is InChI=1S/C12H24O3/c1-4-5-11-8-12(13,6-7-14-11)9-15-10(2)3/h10-11,13H,4-9H2,1-3H3. The van der Waals surface area contributed by atoms with Gasteiger partial charge in [0.1, 0.15) is 0 Å². The Hall–Kier alpha value is -0.120. The average molecular weight is 216 g/mol. The van der Waals surface area contributed by atoms with Crippen LogP contribution in [0.5, 0.6) is 0 Å². The SMILES string of the molecule is CCCC1CC(O)(COC(C)C)CCO1. The fourth-order valence-corrected chi connectivity index (χ4v) is 1.96. The summed E-state index contributed by atoms with van der Waals surface area (Å²) in [4.78, 5) is 0. The van der Waals surface area contributed by atoms with Crippen molar-refractivity contribution in [2.45, 2.75) is 64.3 Å². The molecule has 1 N–H and O–H groups in total. The van der Waals surface area contributed by atoms with Crippen LogP contribution in [0.1, 0.15) is 46.5 Å². The van der Waals surface area contributed by atoms with Gasteiger partial charge < -0.3 is 14.6 Å². The Morgan fingerprint density at radius 1 is 1.53 bits per heavy atom. The van der Waals surface area contributed by atoms with E-state index < -0.39 is 5.60 Å². The summed E-state index contributed by atoms with van der Waals surface area (Å²) >= 11 is 0. The molecule has 1 rings (SSSR count).